The standard InChI is InChI=1S/C24H28N8O3S/c1-15(2)31-23(33)19-14-26-24(27-18-9-8-17-13-25-11-10-16(17)12-18)29-22(19)32(31)21-7-5-6-20(28-21)30(3)36(4,34)35/h5-9,12,14-15,25H,10-11,13H2,1-4H3,(H,26,27,29). The summed E-state index contributed by atoms with van der Waals surface area (Å²) < 4.78 is 28.4. The van der Waals surface area contributed by atoms with Crippen LogP contribution in [0.25, 0.3) is 16.9 Å². The van der Waals surface area contributed by atoms with Gasteiger partial charge in [0.1, 0.15) is 11.2 Å². The molecule has 0 saturated carbocycles. The molecular weight excluding hydrogens is 480 g/mol. The minimum Gasteiger partial charge on any atom is -0.324 e. The number of aromatic nitrogens is 5. The fourth-order valence-corrected chi connectivity index (χ4v) is 4.75. The van der Waals surface area contributed by atoms with Crippen LogP contribution in [0.5, 0.6) is 0 Å². The van der Waals surface area contributed by atoms with Crippen LogP contribution in [0.3, 0.4) is 0 Å². The molecule has 4 aromatic rings. The Morgan fingerprint density at radius 1 is 1.14 bits per heavy atom. The van der Waals surface area contributed by atoms with E-state index >= 15 is 0 Å². The topological polar surface area (TPSA) is 127 Å². The van der Waals surface area contributed by atoms with Gasteiger partial charge in [-0.1, -0.05) is 12.1 Å². The summed E-state index contributed by atoms with van der Waals surface area (Å²) in [6.07, 6.45) is 3.57. The van der Waals surface area contributed by atoms with E-state index in [1.807, 2.05) is 19.9 Å². The minimum absolute atomic E-state index is 0.213. The number of hydrogen-bond acceptors (Lipinski definition) is 8. The summed E-state index contributed by atoms with van der Waals surface area (Å²) in [5, 5.41) is 6.96. The third-order valence-corrected chi connectivity index (χ3v) is 7.40. The van der Waals surface area contributed by atoms with Crippen molar-refractivity contribution in [2.24, 2.45) is 0 Å². The van der Waals surface area contributed by atoms with Gasteiger partial charge in [-0.2, -0.15) is 4.98 Å². The molecule has 4 heterocycles. The van der Waals surface area contributed by atoms with Crippen molar-refractivity contribution in [1.82, 2.24) is 29.6 Å². The van der Waals surface area contributed by atoms with E-state index in [1.54, 1.807) is 27.6 Å². The number of sulfonamides is 1. The second-order valence-electron chi connectivity index (χ2n) is 9.11. The van der Waals surface area contributed by atoms with Crippen molar-refractivity contribution in [2.75, 3.05) is 29.5 Å². The molecule has 0 fully saturated rings. The molecule has 0 aliphatic carbocycles. The lowest BCUT2D eigenvalue weighted by atomic mass is 10.0. The molecular formula is C24H28N8O3S. The molecule has 3 aromatic heterocycles. The molecule has 2 N–H and O–H groups in total. The van der Waals surface area contributed by atoms with Crippen molar-refractivity contribution in [1.29, 1.82) is 0 Å². The Morgan fingerprint density at radius 2 is 1.94 bits per heavy atom. The summed E-state index contributed by atoms with van der Waals surface area (Å²) in [5.74, 6) is 0.945. The largest absolute Gasteiger partial charge is 0.324 e. The molecule has 0 spiro atoms. The highest BCUT2D eigenvalue weighted by molar-refractivity contribution is 7.92. The van der Waals surface area contributed by atoms with Crippen molar-refractivity contribution < 1.29 is 8.42 Å². The molecule has 0 unspecified atom stereocenters. The number of anilines is 3. The van der Waals surface area contributed by atoms with Gasteiger partial charge in [-0.15, -0.1) is 0 Å². The number of hydrogen-bond donors (Lipinski definition) is 2. The maximum atomic E-state index is 13.3. The molecule has 1 aromatic carbocycles. The molecule has 5 rings (SSSR count). The monoisotopic (exact) mass is 508 g/mol. The predicted molar refractivity (Wildman–Crippen MR) is 140 cm³/mol. The van der Waals surface area contributed by atoms with Gasteiger partial charge in [0, 0.05) is 31.5 Å². The predicted octanol–water partition coefficient (Wildman–Crippen LogP) is 2.34. The van der Waals surface area contributed by atoms with Gasteiger partial charge in [-0.05, 0) is 62.2 Å². The lowest BCUT2D eigenvalue weighted by Gasteiger charge is -2.19. The molecule has 0 saturated heterocycles. The van der Waals surface area contributed by atoms with Crippen LogP contribution in [0, 0.1) is 0 Å². The highest BCUT2D eigenvalue weighted by Gasteiger charge is 2.22. The van der Waals surface area contributed by atoms with Crippen molar-refractivity contribution >= 4 is 38.5 Å². The van der Waals surface area contributed by atoms with Crippen molar-refractivity contribution in [3.05, 3.63) is 64.1 Å². The summed E-state index contributed by atoms with van der Waals surface area (Å²) >= 11 is 0. The van der Waals surface area contributed by atoms with Crippen LogP contribution in [0.4, 0.5) is 17.5 Å². The Kier molecular flexibility index (Phi) is 6.00. The Labute approximate surface area is 208 Å². The van der Waals surface area contributed by atoms with E-state index < -0.39 is 10.0 Å². The van der Waals surface area contributed by atoms with E-state index in [4.69, 9.17) is 0 Å². The summed E-state index contributed by atoms with van der Waals surface area (Å²) in [6.45, 7) is 5.57. The van der Waals surface area contributed by atoms with Gasteiger partial charge in [0.2, 0.25) is 16.0 Å². The van der Waals surface area contributed by atoms with Crippen LogP contribution < -0.4 is 20.5 Å². The number of nitrogens with zero attached hydrogens (tertiary/aromatic N) is 6. The zero-order valence-corrected chi connectivity index (χ0v) is 21.4. The maximum absolute atomic E-state index is 13.3. The summed E-state index contributed by atoms with van der Waals surface area (Å²) in [6, 6.07) is 11.0. The van der Waals surface area contributed by atoms with E-state index in [9.17, 15) is 13.2 Å². The van der Waals surface area contributed by atoms with E-state index in [1.165, 1.54) is 24.4 Å². The quantitative estimate of drug-likeness (QED) is 0.406. The highest BCUT2D eigenvalue weighted by Crippen LogP contribution is 2.24. The van der Waals surface area contributed by atoms with Gasteiger partial charge in [0.25, 0.3) is 5.56 Å². The molecule has 0 radical (unpaired) electrons. The molecule has 12 heteroatoms. The second kappa shape index (κ2) is 9.03. The number of rotatable bonds is 6. The van der Waals surface area contributed by atoms with Gasteiger partial charge >= 0.3 is 0 Å². The second-order valence-corrected chi connectivity index (χ2v) is 11.1. The van der Waals surface area contributed by atoms with Crippen LogP contribution in [-0.4, -0.2) is 52.6 Å². The molecule has 11 nitrogen and oxygen atoms in total. The maximum Gasteiger partial charge on any atom is 0.278 e. The molecule has 36 heavy (non-hydrogen) atoms. The molecule has 0 amide bonds. The average molecular weight is 509 g/mol. The zero-order chi connectivity index (χ0) is 25.6. The lowest BCUT2D eigenvalue weighted by Crippen LogP contribution is -2.27. The Bertz CT molecular complexity index is 1620. The number of benzene rings is 1. The molecule has 1 aliphatic heterocycles. The SMILES string of the molecule is CC(C)n1c(=O)c2cnc(Nc3ccc4c(c3)CCNC4)nc2n1-c1cccc(N(C)S(C)(=O)=O)n1. The van der Waals surface area contributed by atoms with Gasteiger partial charge in [0.15, 0.2) is 11.5 Å². The summed E-state index contributed by atoms with van der Waals surface area (Å²) in [5.41, 5.74) is 3.54. The third kappa shape index (κ3) is 4.33. The van der Waals surface area contributed by atoms with Gasteiger partial charge < -0.3 is 10.6 Å². The third-order valence-electron chi connectivity index (χ3n) is 6.22. The lowest BCUT2D eigenvalue weighted by molar-refractivity contribution is 0.472. The Balaban J connectivity index is 1.62. The highest BCUT2D eigenvalue weighted by atomic mass is 32.2. The van der Waals surface area contributed by atoms with E-state index in [0.717, 1.165) is 35.8 Å². The molecule has 188 valence electrons. The normalized spacial score (nSPS) is 13.7. The Morgan fingerprint density at radius 3 is 2.69 bits per heavy atom. The first-order valence-electron chi connectivity index (χ1n) is 11.6. The number of pyridine rings is 1. The van der Waals surface area contributed by atoms with Gasteiger partial charge in [0.05, 0.1) is 6.26 Å². The van der Waals surface area contributed by atoms with Crippen LogP contribution in [0.15, 0.2) is 47.4 Å². The first-order chi connectivity index (χ1) is 17.1. The molecule has 0 atom stereocenters. The Hall–Kier alpha value is -3.77. The van der Waals surface area contributed by atoms with Gasteiger partial charge in [-0.25, -0.2) is 27.7 Å². The van der Waals surface area contributed by atoms with Crippen LogP contribution in [0.2, 0.25) is 0 Å². The number of nitrogens with one attached hydrogen (secondary N) is 2. The first kappa shape index (κ1) is 23.9. The van der Waals surface area contributed by atoms with E-state index in [0.29, 0.717) is 22.8 Å². The van der Waals surface area contributed by atoms with E-state index in [2.05, 4.69) is 37.7 Å². The first-order valence-corrected chi connectivity index (χ1v) is 13.5. The number of fused-ring (bicyclic) bond motifs is 2. The fraction of sp³-hybridized carbons (Fsp3) is 0.333. The van der Waals surface area contributed by atoms with Crippen molar-refractivity contribution in [2.45, 2.75) is 32.9 Å². The fourth-order valence-electron chi connectivity index (χ4n) is 4.31. The molecule has 1 aliphatic rings. The van der Waals surface area contributed by atoms with Gasteiger partial charge in [-0.3, -0.25) is 9.10 Å². The summed E-state index contributed by atoms with van der Waals surface area (Å²) in [4.78, 5) is 26.9. The smallest absolute Gasteiger partial charge is 0.278 e. The van der Waals surface area contributed by atoms with Crippen LogP contribution in [-0.2, 0) is 23.0 Å². The van der Waals surface area contributed by atoms with Crippen LogP contribution >= 0.6 is 0 Å². The molecule has 0 bridgehead atoms. The zero-order valence-electron chi connectivity index (χ0n) is 20.6. The average Bonchev–Trinajstić information content (AvgIpc) is 3.15. The summed E-state index contributed by atoms with van der Waals surface area (Å²) in [7, 11) is -2.08. The van der Waals surface area contributed by atoms with E-state index in [-0.39, 0.29) is 17.4 Å². The van der Waals surface area contributed by atoms with Crippen LogP contribution in [0.1, 0.15) is 31.0 Å². The van der Waals surface area contributed by atoms with Crippen molar-refractivity contribution in [3.8, 4) is 5.82 Å². The van der Waals surface area contributed by atoms with Crippen molar-refractivity contribution in [3.63, 3.8) is 0 Å². The minimum atomic E-state index is -3.51.